The number of carboxylic acids is 1. The molecule has 120 valence electrons. The van der Waals surface area contributed by atoms with E-state index in [2.05, 4.69) is 4.98 Å². The van der Waals surface area contributed by atoms with Gasteiger partial charge in [-0.2, -0.15) is 0 Å². The zero-order valence-corrected chi connectivity index (χ0v) is 12.9. The zero-order chi connectivity index (χ0) is 16.4. The molecule has 0 radical (unpaired) electrons. The van der Waals surface area contributed by atoms with Crippen LogP contribution in [0.2, 0.25) is 0 Å². The molecule has 0 spiro atoms. The molecule has 1 unspecified atom stereocenters. The van der Waals surface area contributed by atoms with Gasteiger partial charge < -0.3 is 14.7 Å². The Morgan fingerprint density at radius 1 is 1.30 bits per heavy atom. The lowest BCUT2D eigenvalue weighted by molar-refractivity contribution is -0.143. The van der Waals surface area contributed by atoms with Crippen molar-refractivity contribution in [2.24, 2.45) is 5.92 Å². The summed E-state index contributed by atoms with van der Waals surface area (Å²) in [5.74, 6) is -0.814. The smallest absolute Gasteiger partial charge is 0.308 e. The highest BCUT2D eigenvalue weighted by molar-refractivity contribution is 5.95. The van der Waals surface area contributed by atoms with E-state index in [1.807, 2.05) is 12.1 Å². The molecule has 1 N–H and O–H groups in total. The zero-order valence-electron chi connectivity index (χ0n) is 12.9. The van der Waals surface area contributed by atoms with Crippen molar-refractivity contribution in [3.63, 3.8) is 0 Å². The van der Waals surface area contributed by atoms with Crippen molar-refractivity contribution >= 4 is 22.8 Å². The molecule has 1 aliphatic heterocycles. The van der Waals surface area contributed by atoms with E-state index in [-0.39, 0.29) is 12.5 Å². The molecule has 0 bridgehead atoms. The van der Waals surface area contributed by atoms with E-state index in [4.69, 9.17) is 9.84 Å². The van der Waals surface area contributed by atoms with Crippen molar-refractivity contribution in [2.75, 3.05) is 20.2 Å². The largest absolute Gasteiger partial charge is 0.497 e. The minimum atomic E-state index is -0.846. The Labute approximate surface area is 133 Å². The number of rotatable bonds is 3. The summed E-state index contributed by atoms with van der Waals surface area (Å²) in [5, 5.41) is 10.0. The van der Waals surface area contributed by atoms with Gasteiger partial charge in [-0.15, -0.1) is 0 Å². The first-order chi connectivity index (χ1) is 11.1. The lowest BCUT2D eigenvalue weighted by Crippen LogP contribution is -2.42. The molecule has 1 fully saturated rings. The van der Waals surface area contributed by atoms with Crippen molar-refractivity contribution in [1.29, 1.82) is 0 Å². The van der Waals surface area contributed by atoms with Gasteiger partial charge in [-0.3, -0.25) is 9.59 Å². The molecular formula is C17H18N2O4. The molecule has 0 saturated carbocycles. The van der Waals surface area contributed by atoms with Crippen LogP contribution in [0.4, 0.5) is 0 Å². The molecule has 1 saturated heterocycles. The molecule has 2 heterocycles. The van der Waals surface area contributed by atoms with Crippen LogP contribution in [0.3, 0.4) is 0 Å². The molecule has 1 aromatic heterocycles. The maximum atomic E-state index is 12.6. The van der Waals surface area contributed by atoms with Gasteiger partial charge in [0, 0.05) is 18.5 Å². The van der Waals surface area contributed by atoms with Gasteiger partial charge >= 0.3 is 5.97 Å². The quantitative estimate of drug-likeness (QED) is 0.939. The Balaban J connectivity index is 1.84. The van der Waals surface area contributed by atoms with Crippen LogP contribution in [0.5, 0.6) is 5.75 Å². The maximum Gasteiger partial charge on any atom is 0.308 e. The summed E-state index contributed by atoms with van der Waals surface area (Å²) in [6.07, 6.45) is 1.32. The van der Waals surface area contributed by atoms with Crippen molar-refractivity contribution in [2.45, 2.75) is 12.8 Å². The van der Waals surface area contributed by atoms with Crippen LogP contribution in [0.15, 0.2) is 30.3 Å². The fourth-order valence-corrected chi connectivity index (χ4v) is 2.87. The van der Waals surface area contributed by atoms with Gasteiger partial charge in [0.15, 0.2) is 0 Å². The number of benzene rings is 1. The van der Waals surface area contributed by atoms with Gasteiger partial charge in [-0.05, 0) is 37.1 Å². The minimum absolute atomic E-state index is 0.214. The third-order valence-corrected chi connectivity index (χ3v) is 4.17. The van der Waals surface area contributed by atoms with Crippen molar-refractivity contribution in [3.8, 4) is 5.75 Å². The van der Waals surface area contributed by atoms with Crippen LogP contribution in [0, 0.1) is 5.92 Å². The number of amides is 1. The lowest BCUT2D eigenvalue weighted by atomic mass is 9.98. The number of carbonyl (C=O) groups excluding carboxylic acids is 1. The van der Waals surface area contributed by atoms with Gasteiger partial charge in [-0.1, -0.05) is 6.07 Å². The third kappa shape index (κ3) is 3.11. The number of hydrogen-bond acceptors (Lipinski definition) is 4. The monoisotopic (exact) mass is 314 g/mol. The molecular weight excluding hydrogens is 296 g/mol. The summed E-state index contributed by atoms with van der Waals surface area (Å²) in [6, 6.07) is 8.97. The maximum absolute atomic E-state index is 12.6. The topological polar surface area (TPSA) is 79.7 Å². The molecule has 1 amide bonds. The second-order valence-electron chi connectivity index (χ2n) is 5.68. The summed E-state index contributed by atoms with van der Waals surface area (Å²) in [6.45, 7) is 0.821. The van der Waals surface area contributed by atoms with E-state index < -0.39 is 11.9 Å². The molecule has 1 aromatic carbocycles. The van der Waals surface area contributed by atoms with Gasteiger partial charge in [0.25, 0.3) is 5.91 Å². The number of piperidine rings is 1. The number of likely N-dealkylation sites (tertiary alicyclic amines) is 1. The third-order valence-electron chi connectivity index (χ3n) is 4.17. The molecule has 6 nitrogen and oxygen atoms in total. The number of pyridine rings is 1. The second kappa shape index (κ2) is 6.24. The van der Waals surface area contributed by atoms with Crippen LogP contribution in [0.1, 0.15) is 23.3 Å². The van der Waals surface area contributed by atoms with Gasteiger partial charge in [-0.25, -0.2) is 4.98 Å². The number of nitrogens with zero attached hydrogens (tertiary/aromatic N) is 2. The number of ether oxygens (including phenoxy) is 1. The van der Waals surface area contributed by atoms with E-state index in [0.29, 0.717) is 30.6 Å². The fourth-order valence-electron chi connectivity index (χ4n) is 2.87. The Hall–Kier alpha value is -2.63. The minimum Gasteiger partial charge on any atom is -0.497 e. The fraction of sp³-hybridized carbons (Fsp3) is 0.353. The normalized spacial score (nSPS) is 18.0. The Bertz CT molecular complexity index is 759. The summed E-state index contributed by atoms with van der Waals surface area (Å²) in [5.41, 5.74) is 1.05. The highest BCUT2D eigenvalue weighted by Crippen LogP contribution is 2.22. The van der Waals surface area contributed by atoms with E-state index >= 15 is 0 Å². The standard InChI is InChI=1S/C17H18N2O4/c1-23-13-5-7-14-11(9-13)4-6-15(18-14)16(20)19-8-2-3-12(10-19)17(21)22/h4-7,9,12H,2-3,8,10H2,1H3,(H,21,22). The Morgan fingerprint density at radius 2 is 2.13 bits per heavy atom. The number of aliphatic carboxylic acids is 1. The van der Waals surface area contributed by atoms with Crippen molar-refractivity contribution in [1.82, 2.24) is 9.88 Å². The molecule has 1 atom stereocenters. The van der Waals surface area contributed by atoms with Crippen LogP contribution >= 0.6 is 0 Å². The number of methoxy groups -OCH3 is 1. The predicted molar refractivity (Wildman–Crippen MR) is 84.6 cm³/mol. The highest BCUT2D eigenvalue weighted by atomic mass is 16.5. The number of hydrogen-bond donors (Lipinski definition) is 1. The first-order valence-corrected chi connectivity index (χ1v) is 7.55. The van der Waals surface area contributed by atoms with Crippen LogP contribution in [0.25, 0.3) is 10.9 Å². The average Bonchev–Trinajstić information content (AvgIpc) is 2.60. The molecule has 2 aromatic rings. The second-order valence-corrected chi connectivity index (χ2v) is 5.68. The van der Waals surface area contributed by atoms with E-state index in [0.717, 1.165) is 11.1 Å². The number of carbonyl (C=O) groups is 2. The molecule has 6 heteroatoms. The summed E-state index contributed by atoms with van der Waals surface area (Å²) < 4.78 is 5.17. The summed E-state index contributed by atoms with van der Waals surface area (Å²) >= 11 is 0. The van der Waals surface area contributed by atoms with Gasteiger partial charge in [0.1, 0.15) is 11.4 Å². The predicted octanol–water partition coefficient (Wildman–Crippen LogP) is 2.18. The van der Waals surface area contributed by atoms with E-state index in [1.165, 1.54) is 0 Å². The number of carboxylic acid groups (broad SMARTS) is 1. The van der Waals surface area contributed by atoms with Crippen molar-refractivity contribution < 1.29 is 19.4 Å². The first kappa shape index (κ1) is 15.3. The van der Waals surface area contributed by atoms with Crippen LogP contribution in [-0.2, 0) is 4.79 Å². The van der Waals surface area contributed by atoms with Gasteiger partial charge in [0.05, 0.1) is 18.5 Å². The van der Waals surface area contributed by atoms with Crippen molar-refractivity contribution in [3.05, 3.63) is 36.0 Å². The molecule has 23 heavy (non-hydrogen) atoms. The number of aromatic nitrogens is 1. The molecule has 1 aliphatic rings. The summed E-state index contributed by atoms with van der Waals surface area (Å²) in [7, 11) is 1.60. The average molecular weight is 314 g/mol. The molecule has 0 aliphatic carbocycles. The Kier molecular flexibility index (Phi) is 4.14. The SMILES string of the molecule is COc1ccc2nc(C(=O)N3CCCC(C(=O)O)C3)ccc2c1. The molecule has 3 rings (SSSR count). The first-order valence-electron chi connectivity index (χ1n) is 7.55. The number of fused-ring (bicyclic) bond motifs is 1. The highest BCUT2D eigenvalue weighted by Gasteiger charge is 2.29. The van der Waals surface area contributed by atoms with Crippen LogP contribution in [-0.4, -0.2) is 47.1 Å². The van der Waals surface area contributed by atoms with E-state index in [9.17, 15) is 9.59 Å². The van der Waals surface area contributed by atoms with Crippen LogP contribution < -0.4 is 4.74 Å². The van der Waals surface area contributed by atoms with E-state index in [1.54, 1.807) is 30.2 Å². The Morgan fingerprint density at radius 3 is 2.87 bits per heavy atom. The van der Waals surface area contributed by atoms with Gasteiger partial charge in [0.2, 0.25) is 0 Å². The lowest BCUT2D eigenvalue weighted by Gasteiger charge is -2.30. The summed E-state index contributed by atoms with van der Waals surface area (Å²) in [4.78, 5) is 29.7.